The summed E-state index contributed by atoms with van der Waals surface area (Å²) in [6.45, 7) is 7.44. The van der Waals surface area contributed by atoms with Crippen molar-refractivity contribution in [2.24, 2.45) is 0 Å². The molecule has 1 heterocycles. The minimum atomic E-state index is -0.314. The predicted octanol–water partition coefficient (Wildman–Crippen LogP) is 1.55. The molecule has 1 aliphatic heterocycles. The minimum Gasteiger partial charge on any atom is -0.443 e. The van der Waals surface area contributed by atoms with E-state index in [1.807, 2.05) is 0 Å². The number of carbonyl (C=O) groups is 1. The van der Waals surface area contributed by atoms with Gasteiger partial charge in [-0.1, -0.05) is 13.5 Å². The average Bonchev–Trinajstić information content (AvgIpc) is 2.18. The Morgan fingerprint density at radius 1 is 1.69 bits per heavy atom. The second-order valence-corrected chi connectivity index (χ2v) is 3.22. The fourth-order valence-electron chi connectivity index (χ4n) is 1.64. The van der Waals surface area contributed by atoms with Crippen molar-refractivity contribution in [3.63, 3.8) is 0 Å². The van der Waals surface area contributed by atoms with E-state index < -0.39 is 0 Å². The van der Waals surface area contributed by atoms with Gasteiger partial charge in [0.05, 0.1) is 0 Å². The van der Waals surface area contributed by atoms with E-state index in [2.05, 4.69) is 18.4 Å². The zero-order valence-electron chi connectivity index (χ0n) is 8.16. The van der Waals surface area contributed by atoms with Gasteiger partial charge in [-0.15, -0.1) is 0 Å². The summed E-state index contributed by atoms with van der Waals surface area (Å²) in [5.74, 6) is -0.314. The Bertz CT molecular complexity index is 191. The zero-order chi connectivity index (χ0) is 9.68. The molecule has 1 fully saturated rings. The van der Waals surface area contributed by atoms with Gasteiger partial charge >= 0.3 is 5.97 Å². The van der Waals surface area contributed by atoms with Crippen LogP contribution >= 0.6 is 0 Å². The summed E-state index contributed by atoms with van der Waals surface area (Å²) in [6, 6.07) is 0. The van der Waals surface area contributed by atoms with Crippen LogP contribution in [-0.2, 0) is 9.53 Å². The molecule has 1 rings (SSSR count). The zero-order valence-corrected chi connectivity index (χ0v) is 8.16. The Morgan fingerprint density at radius 2 is 2.46 bits per heavy atom. The lowest BCUT2D eigenvalue weighted by atomic mass is 10.1. The number of hydrogen-bond acceptors (Lipinski definition) is 3. The number of ether oxygens (including phenoxy) is 1. The van der Waals surface area contributed by atoms with E-state index in [1.165, 1.54) is 12.5 Å². The van der Waals surface area contributed by atoms with Crippen LogP contribution in [0.4, 0.5) is 0 Å². The summed E-state index contributed by atoms with van der Waals surface area (Å²) in [7, 11) is 0. The number of rotatable bonds is 3. The third-order valence-electron chi connectivity index (χ3n) is 2.38. The van der Waals surface area contributed by atoms with E-state index in [1.54, 1.807) is 0 Å². The Hall–Kier alpha value is -0.830. The van der Waals surface area contributed by atoms with E-state index in [0.717, 1.165) is 25.9 Å². The van der Waals surface area contributed by atoms with Crippen LogP contribution in [-0.4, -0.2) is 30.2 Å². The van der Waals surface area contributed by atoms with Crippen LogP contribution < -0.4 is 0 Å². The van der Waals surface area contributed by atoms with Crippen molar-refractivity contribution in [2.45, 2.75) is 32.4 Å². The quantitative estimate of drug-likeness (QED) is 0.491. The van der Waals surface area contributed by atoms with Crippen molar-refractivity contribution >= 4 is 5.97 Å². The van der Waals surface area contributed by atoms with Crippen LogP contribution in [0.25, 0.3) is 0 Å². The lowest BCUT2D eigenvalue weighted by Gasteiger charge is -2.33. The van der Waals surface area contributed by atoms with Gasteiger partial charge in [0.2, 0.25) is 0 Å². The Morgan fingerprint density at radius 3 is 3.08 bits per heavy atom. The van der Waals surface area contributed by atoms with Crippen molar-refractivity contribution in [3.05, 3.63) is 12.7 Å². The topological polar surface area (TPSA) is 29.5 Å². The van der Waals surface area contributed by atoms with Crippen molar-refractivity contribution < 1.29 is 9.53 Å². The first-order chi connectivity index (χ1) is 6.27. The van der Waals surface area contributed by atoms with E-state index >= 15 is 0 Å². The minimum absolute atomic E-state index is 0.0238. The van der Waals surface area contributed by atoms with Crippen molar-refractivity contribution in [2.75, 3.05) is 13.1 Å². The van der Waals surface area contributed by atoms with Gasteiger partial charge in [0.1, 0.15) is 0 Å². The molecule has 1 unspecified atom stereocenters. The van der Waals surface area contributed by atoms with Gasteiger partial charge in [-0.25, -0.2) is 4.79 Å². The molecule has 1 aliphatic rings. The lowest BCUT2D eigenvalue weighted by molar-refractivity contribution is -0.156. The number of hydrogen-bond donors (Lipinski definition) is 0. The second kappa shape index (κ2) is 5.02. The largest absolute Gasteiger partial charge is 0.443 e. The van der Waals surface area contributed by atoms with E-state index in [-0.39, 0.29) is 12.2 Å². The van der Waals surface area contributed by atoms with Crippen molar-refractivity contribution in [1.29, 1.82) is 0 Å². The van der Waals surface area contributed by atoms with Gasteiger partial charge in [0.25, 0.3) is 0 Å². The molecule has 0 aromatic rings. The number of piperidine rings is 1. The number of carbonyl (C=O) groups excluding carboxylic acids is 1. The molecule has 0 saturated carbocycles. The smallest absolute Gasteiger partial charge is 0.331 e. The SMILES string of the molecule is C=CC(=O)OC1CCCCN1CC. The molecule has 1 saturated heterocycles. The number of esters is 1. The molecule has 0 spiro atoms. The molecule has 0 aromatic heterocycles. The second-order valence-electron chi connectivity index (χ2n) is 3.22. The summed E-state index contributed by atoms with van der Waals surface area (Å²) in [4.78, 5) is 13.2. The fourth-order valence-corrected chi connectivity index (χ4v) is 1.64. The van der Waals surface area contributed by atoms with E-state index in [4.69, 9.17) is 4.74 Å². The normalized spacial score (nSPS) is 23.9. The van der Waals surface area contributed by atoms with Crippen molar-refractivity contribution in [1.82, 2.24) is 4.90 Å². The highest BCUT2D eigenvalue weighted by Crippen LogP contribution is 2.17. The number of nitrogens with zero attached hydrogens (tertiary/aromatic N) is 1. The summed E-state index contributed by atoms with van der Waals surface area (Å²) in [5, 5.41) is 0. The molecule has 0 N–H and O–H groups in total. The molecule has 74 valence electrons. The lowest BCUT2D eigenvalue weighted by Crippen LogP contribution is -2.41. The molecule has 0 aromatic carbocycles. The molecule has 13 heavy (non-hydrogen) atoms. The first-order valence-electron chi connectivity index (χ1n) is 4.85. The van der Waals surface area contributed by atoms with Gasteiger partial charge in [0.15, 0.2) is 6.23 Å². The van der Waals surface area contributed by atoms with Gasteiger partial charge in [0, 0.05) is 12.6 Å². The van der Waals surface area contributed by atoms with Crippen LogP contribution in [0.3, 0.4) is 0 Å². The first-order valence-corrected chi connectivity index (χ1v) is 4.85. The maximum atomic E-state index is 11.0. The molecule has 0 bridgehead atoms. The maximum absolute atomic E-state index is 11.0. The highest BCUT2D eigenvalue weighted by molar-refractivity contribution is 5.81. The summed E-state index contributed by atoms with van der Waals surface area (Å²) in [6.07, 6.45) is 4.50. The molecule has 0 radical (unpaired) electrons. The molecule has 0 amide bonds. The van der Waals surface area contributed by atoms with E-state index in [0.29, 0.717) is 0 Å². The third kappa shape index (κ3) is 2.84. The highest BCUT2D eigenvalue weighted by Gasteiger charge is 2.23. The predicted molar refractivity (Wildman–Crippen MR) is 51.2 cm³/mol. The van der Waals surface area contributed by atoms with Crippen LogP contribution in [0.15, 0.2) is 12.7 Å². The summed E-state index contributed by atoms with van der Waals surface area (Å²) < 4.78 is 5.21. The van der Waals surface area contributed by atoms with E-state index in [9.17, 15) is 4.79 Å². The van der Waals surface area contributed by atoms with Crippen LogP contribution in [0.5, 0.6) is 0 Å². The monoisotopic (exact) mass is 183 g/mol. The third-order valence-corrected chi connectivity index (χ3v) is 2.38. The Kier molecular flexibility index (Phi) is 3.96. The summed E-state index contributed by atoms with van der Waals surface area (Å²) in [5.41, 5.74) is 0. The standard InChI is InChI=1S/C10H17NO2/c1-3-10(12)13-9-7-5-6-8-11(9)4-2/h3,9H,1,4-8H2,2H3. The van der Waals surface area contributed by atoms with Gasteiger partial charge in [-0.05, 0) is 25.8 Å². The first kappa shape index (κ1) is 10.3. The Balaban J connectivity index is 2.44. The molecule has 3 nitrogen and oxygen atoms in total. The Labute approximate surface area is 79.4 Å². The summed E-state index contributed by atoms with van der Waals surface area (Å²) >= 11 is 0. The van der Waals surface area contributed by atoms with Gasteiger partial charge < -0.3 is 4.74 Å². The van der Waals surface area contributed by atoms with Crippen LogP contribution in [0.2, 0.25) is 0 Å². The molecule has 3 heteroatoms. The average molecular weight is 183 g/mol. The molecular formula is C10H17NO2. The van der Waals surface area contributed by atoms with Gasteiger partial charge in [-0.2, -0.15) is 0 Å². The number of likely N-dealkylation sites (tertiary alicyclic amines) is 1. The fraction of sp³-hybridized carbons (Fsp3) is 0.700. The maximum Gasteiger partial charge on any atom is 0.331 e. The van der Waals surface area contributed by atoms with Crippen LogP contribution in [0.1, 0.15) is 26.2 Å². The highest BCUT2D eigenvalue weighted by atomic mass is 16.6. The molecular weight excluding hydrogens is 166 g/mol. The molecule has 0 aliphatic carbocycles. The molecule has 1 atom stereocenters. The van der Waals surface area contributed by atoms with Gasteiger partial charge in [-0.3, -0.25) is 4.90 Å². The van der Waals surface area contributed by atoms with Crippen molar-refractivity contribution in [3.8, 4) is 0 Å². The van der Waals surface area contributed by atoms with Crippen LogP contribution in [0, 0.1) is 0 Å².